The summed E-state index contributed by atoms with van der Waals surface area (Å²) in [5.74, 6) is -0.214. The summed E-state index contributed by atoms with van der Waals surface area (Å²) in [5.41, 5.74) is 5.27. The molecule has 3 N–H and O–H groups in total. The molecule has 2 aromatic rings. The Labute approximate surface area is 141 Å². The van der Waals surface area contributed by atoms with Crippen LogP contribution in [0.2, 0.25) is 0 Å². The molecule has 0 saturated carbocycles. The van der Waals surface area contributed by atoms with Gasteiger partial charge in [-0.15, -0.1) is 0 Å². The number of hydrogen-bond donors (Lipinski definition) is 3. The molecule has 6 nitrogen and oxygen atoms in total. The van der Waals surface area contributed by atoms with Crippen molar-refractivity contribution in [3.63, 3.8) is 0 Å². The summed E-state index contributed by atoms with van der Waals surface area (Å²) in [5, 5.41) is 15.9. The van der Waals surface area contributed by atoms with Gasteiger partial charge < -0.3 is 15.3 Å². The van der Waals surface area contributed by atoms with E-state index < -0.39 is 0 Å². The molecule has 0 aliphatic rings. The van der Waals surface area contributed by atoms with Gasteiger partial charge in [0.05, 0.1) is 19.4 Å². The molecule has 2 rings (SSSR count). The van der Waals surface area contributed by atoms with Crippen LogP contribution in [0.3, 0.4) is 0 Å². The van der Waals surface area contributed by atoms with Crippen LogP contribution in [0.25, 0.3) is 0 Å². The van der Waals surface area contributed by atoms with E-state index in [0.717, 1.165) is 16.9 Å². The molecule has 0 saturated heterocycles. The lowest BCUT2D eigenvalue weighted by Crippen LogP contribution is -2.25. The van der Waals surface area contributed by atoms with Gasteiger partial charge in [-0.25, -0.2) is 5.43 Å². The zero-order valence-electron chi connectivity index (χ0n) is 13.6. The van der Waals surface area contributed by atoms with Crippen molar-refractivity contribution in [3.8, 4) is 0 Å². The largest absolute Gasteiger partial charge is 0.395 e. The fraction of sp³-hybridized carbons (Fsp3) is 0.222. The molecule has 1 amide bonds. The van der Waals surface area contributed by atoms with Crippen molar-refractivity contribution in [2.75, 3.05) is 37.0 Å². The van der Waals surface area contributed by atoms with Gasteiger partial charge in [-0.2, -0.15) is 5.10 Å². The van der Waals surface area contributed by atoms with Crippen LogP contribution >= 0.6 is 0 Å². The van der Waals surface area contributed by atoms with Crippen molar-refractivity contribution >= 4 is 23.5 Å². The normalized spacial score (nSPS) is 10.6. The molecule has 0 heterocycles. The Balaban J connectivity index is 1.77. The minimum Gasteiger partial charge on any atom is -0.395 e. The Hall–Kier alpha value is -2.86. The van der Waals surface area contributed by atoms with Crippen LogP contribution in [0.5, 0.6) is 0 Å². The van der Waals surface area contributed by atoms with E-state index in [9.17, 15) is 4.79 Å². The molecule has 0 bridgehead atoms. The van der Waals surface area contributed by atoms with Gasteiger partial charge in [-0.3, -0.25) is 4.79 Å². The van der Waals surface area contributed by atoms with E-state index >= 15 is 0 Å². The Kier molecular flexibility index (Phi) is 6.79. The molecule has 0 atom stereocenters. The van der Waals surface area contributed by atoms with Gasteiger partial charge in [-0.1, -0.05) is 30.3 Å². The SMILES string of the molecule is CN(CCO)c1ccc(C=NNC(=O)CNc2ccccc2)cc1. The van der Waals surface area contributed by atoms with Crippen LogP contribution < -0.4 is 15.6 Å². The lowest BCUT2D eigenvalue weighted by molar-refractivity contribution is -0.119. The highest BCUT2D eigenvalue weighted by atomic mass is 16.3. The van der Waals surface area contributed by atoms with Gasteiger partial charge in [0, 0.05) is 25.0 Å². The lowest BCUT2D eigenvalue weighted by atomic mass is 10.2. The van der Waals surface area contributed by atoms with Gasteiger partial charge >= 0.3 is 0 Å². The number of rotatable bonds is 8. The number of hydrazone groups is 1. The summed E-state index contributed by atoms with van der Waals surface area (Å²) in [6, 6.07) is 17.2. The summed E-state index contributed by atoms with van der Waals surface area (Å²) in [6.07, 6.45) is 1.59. The molecule has 0 aliphatic carbocycles. The minimum atomic E-state index is -0.214. The number of carbonyl (C=O) groups is 1. The third kappa shape index (κ3) is 5.73. The Morgan fingerprint density at radius 3 is 2.54 bits per heavy atom. The molecule has 0 aromatic heterocycles. The van der Waals surface area contributed by atoms with Crippen molar-refractivity contribution in [3.05, 3.63) is 60.2 Å². The van der Waals surface area contributed by atoms with Gasteiger partial charge in [0.2, 0.25) is 0 Å². The number of aliphatic hydroxyl groups is 1. The highest BCUT2D eigenvalue weighted by Crippen LogP contribution is 2.12. The van der Waals surface area contributed by atoms with E-state index in [1.807, 2.05) is 66.5 Å². The summed E-state index contributed by atoms with van der Waals surface area (Å²) in [7, 11) is 1.92. The smallest absolute Gasteiger partial charge is 0.259 e. The molecular weight excluding hydrogens is 304 g/mol. The maximum atomic E-state index is 11.7. The first-order valence-corrected chi connectivity index (χ1v) is 7.72. The van der Waals surface area contributed by atoms with Crippen LogP contribution in [0, 0.1) is 0 Å². The predicted molar refractivity (Wildman–Crippen MR) is 97.5 cm³/mol. The number of nitrogens with one attached hydrogen (secondary N) is 2. The second-order valence-electron chi connectivity index (χ2n) is 5.25. The van der Waals surface area contributed by atoms with E-state index in [1.165, 1.54) is 0 Å². The Bertz CT molecular complexity index is 656. The molecular formula is C18H22N4O2. The number of carbonyl (C=O) groups excluding carboxylic acids is 1. The number of aliphatic hydroxyl groups excluding tert-OH is 1. The fourth-order valence-electron chi connectivity index (χ4n) is 2.05. The van der Waals surface area contributed by atoms with Crippen molar-refractivity contribution < 1.29 is 9.90 Å². The first-order valence-electron chi connectivity index (χ1n) is 7.72. The average molecular weight is 326 g/mol. The van der Waals surface area contributed by atoms with Crippen molar-refractivity contribution in [2.45, 2.75) is 0 Å². The fourth-order valence-corrected chi connectivity index (χ4v) is 2.05. The van der Waals surface area contributed by atoms with Gasteiger partial charge in [0.1, 0.15) is 0 Å². The Morgan fingerprint density at radius 1 is 1.17 bits per heavy atom. The summed E-state index contributed by atoms with van der Waals surface area (Å²) >= 11 is 0. The van der Waals surface area contributed by atoms with Crippen LogP contribution in [-0.2, 0) is 4.79 Å². The number of para-hydroxylation sites is 1. The molecule has 126 valence electrons. The molecule has 0 unspecified atom stereocenters. The molecule has 2 aromatic carbocycles. The number of likely N-dealkylation sites (N-methyl/N-ethyl adjacent to an activating group) is 1. The van der Waals surface area contributed by atoms with E-state index in [4.69, 9.17) is 5.11 Å². The second-order valence-corrected chi connectivity index (χ2v) is 5.25. The summed E-state index contributed by atoms with van der Waals surface area (Å²) in [6.45, 7) is 0.854. The second kappa shape index (κ2) is 9.32. The van der Waals surface area contributed by atoms with E-state index in [0.29, 0.717) is 6.54 Å². The third-order valence-electron chi connectivity index (χ3n) is 3.40. The standard InChI is InChI=1S/C18H22N4O2/c1-22(11-12-23)17-9-7-15(8-10-17)13-20-21-18(24)14-19-16-5-3-2-4-6-16/h2-10,13,19,23H,11-12,14H2,1H3,(H,21,24). The van der Waals surface area contributed by atoms with Crippen molar-refractivity contribution in [2.24, 2.45) is 5.10 Å². The maximum Gasteiger partial charge on any atom is 0.259 e. The Morgan fingerprint density at radius 2 is 1.88 bits per heavy atom. The zero-order valence-corrected chi connectivity index (χ0v) is 13.6. The number of anilines is 2. The summed E-state index contributed by atoms with van der Waals surface area (Å²) in [4.78, 5) is 13.7. The molecule has 24 heavy (non-hydrogen) atoms. The first kappa shape index (κ1) is 17.5. The number of hydrogen-bond acceptors (Lipinski definition) is 5. The first-order chi connectivity index (χ1) is 11.7. The van der Waals surface area contributed by atoms with E-state index in [-0.39, 0.29) is 19.1 Å². The van der Waals surface area contributed by atoms with Gasteiger partial charge in [-0.05, 0) is 29.8 Å². The quantitative estimate of drug-likeness (QED) is 0.509. The van der Waals surface area contributed by atoms with Crippen LogP contribution in [0.1, 0.15) is 5.56 Å². The highest BCUT2D eigenvalue weighted by Gasteiger charge is 2.00. The van der Waals surface area contributed by atoms with Crippen molar-refractivity contribution in [1.82, 2.24) is 5.43 Å². The number of benzene rings is 2. The molecule has 0 fully saturated rings. The highest BCUT2D eigenvalue weighted by molar-refractivity contribution is 5.84. The molecule has 0 spiro atoms. The third-order valence-corrected chi connectivity index (χ3v) is 3.40. The molecule has 6 heteroatoms. The molecule has 0 radical (unpaired) electrons. The predicted octanol–water partition coefficient (Wildman–Crippen LogP) is 1.68. The monoisotopic (exact) mass is 326 g/mol. The van der Waals surface area contributed by atoms with Gasteiger partial charge in [0.15, 0.2) is 0 Å². The summed E-state index contributed by atoms with van der Waals surface area (Å²) < 4.78 is 0. The minimum absolute atomic E-state index is 0.114. The zero-order chi connectivity index (χ0) is 17.2. The van der Waals surface area contributed by atoms with Gasteiger partial charge in [0.25, 0.3) is 5.91 Å². The lowest BCUT2D eigenvalue weighted by Gasteiger charge is -2.17. The van der Waals surface area contributed by atoms with E-state index in [2.05, 4.69) is 15.8 Å². The van der Waals surface area contributed by atoms with Crippen LogP contribution in [-0.4, -0.2) is 44.0 Å². The van der Waals surface area contributed by atoms with Crippen LogP contribution in [0.4, 0.5) is 11.4 Å². The van der Waals surface area contributed by atoms with E-state index in [1.54, 1.807) is 6.21 Å². The topological polar surface area (TPSA) is 77.0 Å². The average Bonchev–Trinajstić information content (AvgIpc) is 2.61. The maximum absolute atomic E-state index is 11.7. The van der Waals surface area contributed by atoms with Crippen molar-refractivity contribution in [1.29, 1.82) is 0 Å². The number of amides is 1. The van der Waals surface area contributed by atoms with Crippen LogP contribution in [0.15, 0.2) is 59.7 Å². The molecule has 0 aliphatic heterocycles. The number of nitrogens with zero attached hydrogens (tertiary/aromatic N) is 2.